The van der Waals surface area contributed by atoms with Crippen molar-refractivity contribution in [2.45, 2.75) is 79.1 Å². The monoisotopic (exact) mass is 1220 g/mol. The van der Waals surface area contributed by atoms with Crippen LogP contribution in [-0.4, -0.2) is 65.3 Å². The van der Waals surface area contributed by atoms with E-state index in [9.17, 15) is 37.1 Å². The molecule has 0 radical (unpaired) electrons. The Balaban J connectivity index is 0.000000182. The fourth-order valence-electron chi connectivity index (χ4n) is 12.7. The van der Waals surface area contributed by atoms with Crippen LogP contribution in [0.5, 0.6) is 0 Å². The number of aryl methyl sites for hydroxylation is 6. The minimum atomic E-state index is -2.40. The number of benzene rings is 6. The van der Waals surface area contributed by atoms with E-state index in [1.165, 1.54) is 24.3 Å². The third-order valence-corrected chi connectivity index (χ3v) is 24.3. The van der Waals surface area contributed by atoms with Gasteiger partial charge in [-0.3, -0.25) is 19.2 Å². The van der Waals surface area contributed by atoms with Crippen molar-refractivity contribution in [3.8, 4) is 0 Å². The molecule has 18 heteroatoms. The van der Waals surface area contributed by atoms with Crippen LogP contribution < -0.4 is 32.4 Å². The zero-order valence-electron chi connectivity index (χ0n) is 50.4. The lowest BCUT2D eigenvalue weighted by atomic mass is 9.94. The lowest BCUT2D eigenvalue weighted by Crippen LogP contribution is -2.25. The molecule has 0 atom stereocenters. The lowest BCUT2D eigenvalue weighted by molar-refractivity contribution is -0.123. The van der Waals surface area contributed by atoms with Crippen LogP contribution in [0.1, 0.15) is 85.0 Å². The Labute approximate surface area is 509 Å². The number of ketones is 2. The van der Waals surface area contributed by atoms with E-state index < -0.39 is 14.3 Å². The second-order valence-corrected chi connectivity index (χ2v) is 29.9. The first-order valence-corrected chi connectivity index (χ1v) is 34.2. The first-order valence-electron chi connectivity index (χ1n) is 30.1. The van der Waals surface area contributed by atoms with Gasteiger partial charge < -0.3 is 38.9 Å². The topological polar surface area (TPSA) is 194 Å². The molecule has 4 N–H and O–H groups in total. The second-order valence-electron chi connectivity index (χ2n) is 23.6. The highest BCUT2D eigenvalue weighted by Crippen LogP contribution is 2.52. The smallest absolute Gasteiger partial charge is 0.258 e. The summed E-state index contributed by atoms with van der Waals surface area (Å²) in [6.07, 6.45) is 14.7. The number of Topliss-reactive ketones (excluding diaryl/α,β-unsaturated/α-hetero) is 2. The Bertz CT molecular complexity index is 4330. The number of carbonyl (C=O) groups is 2. The molecule has 0 spiro atoms. The number of allylic oxidation sites excluding steroid dienone is 2. The van der Waals surface area contributed by atoms with Crippen LogP contribution in [0.4, 0.5) is 32.1 Å². The summed E-state index contributed by atoms with van der Waals surface area (Å²) in [5.41, 5.74) is 8.58. The van der Waals surface area contributed by atoms with Crippen LogP contribution in [0.25, 0.3) is 55.8 Å². The molecule has 10 aromatic rings. The molecule has 0 bridgehead atoms. The number of nitrogens with one attached hydrogen (secondary N) is 4. The Morgan fingerprint density at radius 2 is 0.932 bits per heavy atom. The molecule has 2 fully saturated rings. The van der Waals surface area contributed by atoms with Crippen molar-refractivity contribution in [3.63, 3.8) is 0 Å². The van der Waals surface area contributed by atoms with Gasteiger partial charge in [0.05, 0.1) is 32.8 Å². The van der Waals surface area contributed by atoms with Gasteiger partial charge >= 0.3 is 0 Å². The summed E-state index contributed by atoms with van der Waals surface area (Å²) in [6.45, 7) is 7.59. The molecule has 6 heterocycles. The van der Waals surface area contributed by atoms with Crippen molar-refractivity contribution in [1.29, 1.82) is 0 Å². The number of H-pyrrole nitrogens is 2. The van der Waals surface area contributed by atoms with Gasteiger partial charge in [-0.05, 0) is 160 Å². The molecular weight excluding hydrogens is 1150 g/mol. The summed E-state index contributed by atoms with van der Waals surface area (Å²) in [7, 11) is -1.11. The van der Waals surface area contributed by atoms with Gasteiger partial charge in [0.2, 0.25) is 11.9 Å². The van der Waals surface area contributed by atoms with Gasteiger partial charge in [-0.15, -0.1) is 0 Å². The molecule has 0 amide bonds. The van der Waals surface area contributed by atoms with Gasteiger partial charge in [-0.25, -0.2) is 18.7 Å². The predicted molar refractivity (Wildman–Crippen MR) is 355 cm³/mol. The fourth-order valence-corrected chi connectivity index (χ4v) is 18.5. The Hall–Kier alpha value is -8.58. The van der Waals surface area contributed by atoms with Gasteiger partial charge in [-0.2, -0.15) is 0 Å². The average Bonchev–Trinajstić information content (AvgIpc) is 2.23. The molecule has 2 saturated heterocycles. The van der Waals surface area contributed by atoms with Crippen LogP contribution in [0.2, 0.25) is 0 Å². The molecule has 0 saturated carbocycles. The minimum absolute atomic E-state index is 0.0379. The molecule has 2 aliphatic heterocycles. The maximum atomic E-state index is 13.6. The Kier molecular flexibility index (Phi) is 17.8. The maximum Gasteiger partial charge on any atom is 0.258 e. The predicted octanol–water partition coefficient (Wildman–Crippen LogP) is 14.8. The summed E-state index contributed by atoms with van der Waals surface area (Å²) in [5.74, 6) is 0.857. The van der Waals surface area contributed by atoms with E-state index >= 15 is 0 Å². The average molecular weight is 1220 g/mol. The Morgan fingerprint density at radius 1 is 0.557 bits per heavy atom. The third-order valence-electron chi connectivity index (χ3n) is 17.9. The number of aromatic nitrogens is 6. The summed E-state index contributed by atoms with van der Waals surface area (Å²) in [5, 5.41) is 11.1. The molecule has 6 aromatic carbocycles. The van der Waals surface area contributed by atoms with Crippen LogP contribution in [-0.2, 0) is 32.8 Å². The van der Waals surface area contributed by atoms with Crippen molar-refractivity contribution in [2.24, 2.45) is 25.9 Å². The minimum Gasteiger partial charge on any atom is -0.325 e. The number of hydrogen-bond acceptors (Lipinski definition) is 10. The van der Waals surface area contributed by atoms with Crippen molar-refractivity contribution < 1.29 is 27.5 Å². The van der Waals surface area contributed by atoms with Crippen LogP contribution >= 0.6 is 14.3 Å². The lowest BCUT2D eigenvalue weighted by Gasteiger charge is -2.28. The number of rotatable bonds is 16. The van der Waals surface area contributed by atoms with E-state index in [4.69, 9.17) is 9.97 Å². The zero-order chi connectivity index (χ0) is 62.0. The molecule has 12 rings (SSSR count). The number of carbonyl (C=O) groups excluding carboxylic acids is 2. The van der Waals surface area contributed by atoms with E-state index in [1.807, 2.05) is 160 Å². The van der Waals surface area contributed by atoms with Crippen molar-refractivity contribution in [1.82, 2.24) is 29.1 Å². The molecule has 4 aromatic heterocycles. The first-order chi connectivity index (χ1) is 42.3. The highest BCUT2D eigenvalue weighted by molar-refractivity contribution is 7.72. The summed E-state index contributed by atoms with van der Waals surface area (Å²) < 4.78 is 57.7. The van der Waals surface area contributed by atoms with E-state index in [1.54, 1.807) is 12.1 Å². The largest absolute Gasteiger partial charge is 0.325 e. The number of halogens is 2. The normalized spacial score (nSPS) is 18.8. The second kappa shape index (κ2) is 25.6. The van der Waals surface area contributed by atoms with Crippen molar-refractivity contribution in [2.75, 3.05) is 35.3 Å². The highest BCUT2D eigenvalue weighted by Gasteiger charge is 2.35. The van der Waals surface area contributed by atoms with Crippen molar-refractivity contribution in [3.05, 3.63) is 199 Å². The van der Waals surface area contributed by atoms with Gasteiger partial charge in [0.25, 0.3) is 11.1 Å². The van der Waals surface area contributed by atoms with Gasteiger partial charge in [0.1, 0.15) is 37.5 Å². The van der Waals surface area contributed by atoms with Crippen LogP contribution in [0, 0.1) is 51.2 Å². The number of nitrogens with zero attached hydrogens (tertiary/aromatic N) is 4. The van der Waals surface area contributed by atoms with Gasteiger partial charge in [0.15, 0.2) is 0 Å². The van der Waals surface area contributed by atoms with E-state index in [2.05, 4.69) is 20.6 Å². The number of fused-ring (bicyclic) bond motifs is 6. The number of hydrogen-bond donors (Lipinski definition) is 4. The van der Waals surface area contributed by atoms with E-state index in [0.29, 0.717) is 132 Å². The van der Waals surface area contributed by atoms with E-state index in [0.717, 1.165) is 55.0 Å². The molecule has 0 unspecified atom stereocenters. The summed E-state index contributed by atoms with van der Waals surface area (Å²) >= 11 is 0. The number of imidazole rings is 2. The molecule has 2 aliphatic rings. The standard InChI is InChI=1S/2C35H36FN4O3P/c2*1-22-21-25(36)13-15-28(22)38-35-39-30-16-14-27-23(2)29(37-34(42)32(27)33(30)40(35)3)11-7-8-12-31(41)24-17-19-44(43,20-18-24)26-9-5-4-6-10-26/h2*4-7,9-11,13-16,21,24H,8,12,17-20H2,1-3H3,(H,37,42)(H,38,39)/b2*11-7+. The number of aromatic amines is 2. The summed E-state index contributed by atoms with van der Waals surface area (Å²) in [6, 6.07) is 36.0. The van der Waals surface area contributed by atoms with Crippen LogP contribution in [0.15, 0.2) is 143 Å². The Morgan fingerprint density at radius 3 is 1.30 bits per heavy atom. The zero-order valence-corrected chi connectivity index (χ0v) is 52.2. The SMILES string of the molecule is Cc1cc(F)ccc1Nc1nc2ccc3c(C)c(/C=C/CCC(=O)C4CCP(=O)(c5ccccc5)CC4)[nH]c(=O)c3c2n1C.Cc1cc(F)ccc1Nc1nc2ccc3c(C)c(/C=C/CCC(=O)C4CCP(=O)(c5ccccc5)CC4)[nH]c(=O)c3c2n1C. The molecule has 88 heavy (non-hydrogen) atoms. The summed E-state index contributed by atoms with van der Waals surface area (Å²) in [4.78, 5) is 68.2. The van der Waals surface area contributed by atoms with Gasteiger partial charge in [0, 0.05) is 96.8 Å². The molecule has 0 aliphatic carbocycles. The number of anilines is 4. The first kappa shape index (κ1) is 61.1. The van der Waals surface area contributed by atoms with Gasteiger partial charge in [-0.1, -0.05) is 84.9 Å². The molecule has 452 valence electrons. The third kappa shape index (κ3) is 12.6. The molecule has 14 nitrogen and oxygen atoms in total. The quantitative estimate of drug-likeness (QED) is 0.0676. The fraction of sp³-hybridized carbons (Fsp3) is 0.286. The van der Waals surface area contributed by atoms with E-state index in [-0.39, 0.29) is 46.2 Å². The van der Waals surface area contributed by atoms with Crippen LogP contribution in [0.3, 0.4) is 0 Å². The highest BCUT2D eigenvalue weighted by atomic mass is 31.2. The molecular formula is C70H72F2N8O6P2. The van der Waals surface area contributed by atoms with Crippen molar-refractivity contribution >= 4 is 115 Å². The number of pyridine rings is 2. The maximum absolute atomic E-state index is 13.6.